The third-order valence-corrected chi connectivity index (χ3v) is 4.95. The molecule has 0 aliphatic carbocycles. The van der Waals surface area contributed by atoms with Gasteiger partial charge in [0, 0.05) is 49.2 Å². The summed E-state index contributed by atoms with van der Waals surface area (Å²) in [5.74, 6) is 0. The van der Waals surface area contributed by atoms with Gasteiger partial charge in [0.25, 0.3) is 0 Å². The smallest absolute Gasteiger partial charge is 0.0705 e. The van der Waals surface area contributed by atoms with Crippen LogP contribution in [0.4, 0.5) is 11.4 Å². The minimum absolute atomic E-state index is 0.538. The minimum atomic E-state index is 0.538. The fraction of sp³-hybridized carbons (Fsp3) is 0.190. The summed E-state index contributed by atoms with van der Waals surface area (Å²) >= 11 is 3.69. The van der Waals surface area contributed by atoms with E-state index in [9.17, 15) is 0 Å². The van der Waals surface area contributed by atoms with Crippen LogP contribution in [-0.2, 0) is 0 Å². The van der Waals surface area contributed by atoms with Crippen molar-refractivity contribution in [3.05, 3.63) is 70.2 Å². The highest BCUT2D eigenvalue weighted by atomic mass is 79.9. The molecule has 0 fully saturated rings. The second-order valence-electron chi connectivity index (χ2n) is 6.49. The highest BCUT2D eigenvalue weighted by molar-refractivity contribution is 9.10. The maximum absolute atomic E-state index is 8.76. The highest BCUT2D eigenvalue weighted by Crippen LogP contribution is 2.41. The first kappa shape index (κ1) is 17.5. The van der Waals surface area contributed by atoms with Gasteiger partial charge >= 0.3 is 0 Å². The van der Waals surface area contributed by atoms with Crippen molar-refractivity contribution >= 4 is 43.8 Å². The van der Waals surface area contributed by atoms with Crippen molar-refractivity contribution in [2.45, 2.75) is 0 Å². The second-order valence-corrected chi connectivity index (χ2v) is 7.34. The first-order valence-electron chi connectivity index (χ1n) is 8.16. The Balaban J connectivity index is 2.36. The number of anilines is 2. The molecule has 0 aromatic heterocycles. The number of rotatable bonds is 4. The third-order valence-electron chi connectivity index (χ3n) is 4.31. The Hall–Kier alpha value is -2.33. The van der Waals surface area contributed by atoms with Crippen LogP contribution in [0.15, 0.2) is 59.1 Å². The molecule has 0 aliphatic heterocycles. The highest BCUT2D eigenvalue weighted by Gasteiger charge is 2.19. The average Bonchev–Trinajstić information content (AvgIpc) is 2.60. The molecule has 3 rings (SSSR count). The number of nitrogens with zero attached hydrogens (tertiary/aromatic N) is 2. The molecule has 3 nitrogen and oxygen atoms in total. The molecule has 3 aromatic rings. The molecule has 0 aliphatic rings. The lowest BCUT2D eigenvalue weighted by atomic mass is 9.95. The van der Waals surface area contributed by atoms with Crippen LogP contribution in [0.1, 0.15) is 11.1 Å². The van der Waals surface area contributed by atoms with Gasteiger partial charge in [-0.1, -0.05) is 48.5 Å². The number of nitrogens with one attached hydrogen (secondary N) is 1. The van der Waals surface area contributed by atoms with Crippen LogP contribution < -0.4 is 9.80 Å². The lowest BCUT2D eigenvalue weighted by molar-refractivity contribution is 1.12. The van der Waals surface area contributed by atoms with Gasteiger partial charge in [0.2, 0.25) is 0 Å². The largest absolute Gasteiger partial charge is 0.377 e. The van der Waals surface area contributed by atoms with Crippen LogP contribution in [0.3, 0.4) is 0 Å². The van der Waals surface area contributed by atoms with Crippen molar-refractivity contribution in [2.24, 2.45) is 0 Å². The van der Waals surface area contributed by atoms with Crippen LogP contribution in [0.5, 0.6) is 0 Å². The van der Waals surface area contributed by atoms with Crippen LogP contribution in [0.2, 0.25) is 0 Å². The van der Waals surface area contributed by atoms with Crippen molar-refractivity contribution in [3.8, 4) is 0 Å². The minimum Gasteiger partial charge on any atom is -0.377 e. The fourth-order valence-corrected chi connectivity index (χ4v) is 3.90. The number of halogens is 1. The van der Waals surface area contributed by atoms with Crippen molar-refractivity contribution in [2.75, 3.05) is 38.0 Å². The van der Waals surface area contributed by atoms with E-state index in [4.69, 9.17) is 5.41 Å². The summed E-state index contributed by atoms with van der Waals surface area (Å²) in [4.78, 5) is 4.23. The molecule has 1 N–H and O–H groups in total. The van der Waals surface area contributed by atoms with Crippen LogP contribution in [0, 0.1) is 5.41 Å². The Morgan fingerprint density at radius 2 is 1.40 bits per heavy atom. The van der Waals surface area contributed by atoms with E-state index < -0.39 is 0 Å². The van der Waals surface area contributed by atoms with Gasteiger partial charge in [0.05, 0.1) is 17.1 Å². The van der Waals surface area contributed by atoms with Gasteiger partial charge in [-0.05, 0) is 27.4 Å². The van der Waals surface area contributed by atoms with Crippen molar-refractivity contribution < 1.29 is 0 Å². The fourth-order valence-electron chi connectivity index (χ4n) is 3.22. The SMILES string of the molecule is CN(C)c1c(Br)ccc2ccc(C(=N)c3ccccc3)c(N(C)C)c12. The van der Waals surface area contributed by atoms with Crippen molar-refractivity contribution in [1.82, 2.24) is 0 Å². The molecule has 0 saturated heterocycles. The van der Waals surface area contributed by atoms with Crippen molar-refractivity contribution in [1.29, 1.82) is 5.41 Å². The van der Waals surface area contributed by atoms with E-state index in [0.717, 1.165) is 32.4 Å². The average molecular weight is 396 g/mol. The Labute approximate surface area is 157 Å². The predicted molar refractivity (Wildman–Crippen MR) is 113 cm³/mol. The number of benzene rings is 3. The van der Waals surface area contributed by atoms with E-state index in [1.54, 1.807) is 0 Å². The predicted octanol–water partition coefficient (Wildman–Crippen LogP) is 5.15. The van der Waals surface area contributed by atoms with E-state index in [2.05, 4.69) is 50.0 Å². The van der Waals surface area contributed by atoms with Gasteiger partial charge < -0.3 is 9.80 Å². The van der Waals surface area contributed by atoms with E-state index >= 15 is 0 Å². The Bertz CT molecular complexity index is 931. The molecule has 0 unspecified atom stereocenters. The summed E-state index contributed by atoms with van der Waals surface area (Å²) in [6.45, 7) is 0. The molecule has 0 heterocycles. The number of fused-ring (bicyclic) bond motifs is 1. The summed E-state index contributed by atoms with van der Waals surface area (Å²) in [7, 11) is 8.18. The van der Waals surface area contributed by atoms with Gasteiger partial charge in [-0.3, -0.25) is 5.41 Å². The summed E-state index contributed by atoms with van der Waals surface area (Å²) in [5, 5.41) is 11.1. The van der Waals surface area contributed by atoms with Gasteiger partial charge in [0.15, 0.2) is 0 Å². The molecule has 25 heavy (non-hydrogen) atoms. The maximum atomic E-state index is 8.76. The van der Waals surface area contributed by atoms with Gasteiger partial charge in [0.1, 0.15) is 0 Å². The monoisotopic (exact) mass is 395 g/mol. The maximum Gasteiger partial charge on any atom is 0.0705 e. The summed E-state index contributed by atoms with van der Waals surface area (Å²) in [6, 6.07) is 18.3. The van der Waals surface area contributed by atoms with Gasteiger partial charge in [-0.15, -0.1) is 0 Å². The zero-order chi connectivity index (χ0) is 18.1. The lowest BCUT2D eigenvalue weighted by Gasteiger charge is -2.25. The molecule has 0 spiro atoms. The van der Waals surface area contributed by atoms with Gasteiger partial charge in [-0.25, -0.2) is 0 Å². The molecule has 0 radical (unpaired) electrons. The molecule has 0 bridgehead atoms. The number of hydrogen-bond acceptors (Lipinski definition) is 3. The topological polar surface area (TPSA) is 30.3 Å². The zero-order valence-corrected chi connectivity index (χ0v) is 16.6. The molecule has 4 heteroatoms. The van der Waals surface area contributed by atoms with Crippen LogP contribution in [-0.4, -0.2) is 33.9 Å². The Kier molecular flexibility index (Phi) is 4.82. The molecule has 0 atom stereocenters. The van der Waals surface area contributed by atoms with E-state index in [0.29, 0.717) is 5.71 Å². The Morgan fingerprint density at radius 3 is 2.00 bits per heavy atom. The van der Waals surface area contributed by atoms with E-state index in [-0.39, 0.29) is 0 Å². The van der Waals surface area contributed by atoms with Crippen molar-refractivity contribution in [3.63, 3.8) is 0 Å². The van der Waals surface area contributed by atoms with E-state index in [1.807, 2.05) is 58.5 Å². The molecule has 128 valence electrons. The quantitative estimate of drug-likeness (QED) is 0.619. The summed E-state index contributed by atoms with van der Waals surface area (Å²) in [6.07, 6.45) is 0. The molecule has 0 saturated carbocycles. The summed E-state index contributed by atoms with van der Waals surface area (Å²) in [5.41, 5.74) is 4.59. The van der Waals surface area contributed by atoms with Crippen LogP contribution >= 0.6 is 15.9 Å². The first-order valence-corrected chi connectivity index (χ1v) is 8.95. The molecular weight excluding hydrogens is 374 g/mol. The Morgan fingerprint density at radius 1 is 0.800 bits per heavy atom. The molecule has 3 aromatic carbocycles. The summed E-state index contributed by atoms with van der Waals surface area (Å²) < 4.78 is 1.05. The number of hydrogen-bond donors (Lipinski definition) is 1. The van der Waals surface area contributed by atoms with Gasteiger partial charge in [-0.2, -0.15) is 0 Å². The normalized spacial score (nSPS) is 10.8. The van der Waals surface area contributed by atoms with E-state index in [1.165, 1.54) is 5.39 Å². The van der Waals surface area contributed by atoms with Crippen LogP contribution in [0.25, 0.3) is 10.8 Å². The standard InChI is InChI=1S/C21H22BrN3/c1-24(2)20-16(19(23)15-8-6-5-7-9-15)12-10-14-11-13-17(22)21(18(14)20)25(3)4/h5-13,23H,1-4H3. The lowest BCUT2D eigenvalue weighted by Crippen LogP contribution is -2.17. The second kappa shape index (κ2) is 6.89. The molecular formula is C21H22BrN3. The molecule has 0 amide bonds. The first-order chi connectivity index (χ1) is 11.9. The third kappa shape index (κ3) is 3.14. The zero-order valence-electron chi connectivity index (χ0n) is 15.0.